The number of halogens is 1. The van der Waals surface area contributed by atoms with Crippen molar-refractivity contribution in [2.24, 2.45) is 5.73 Å². The van der Waals surface area contributed by atoms with Gasteiger partial charge in [-0.1, -0.05) is 35.7 Å². The molecule has 3 N–H and O–H groups in total. The van der Waals surface area contributed by atoms with Crippen LogP contribution in [0.5, 0.6) is 17.2 Å². The predicted octanol–water partition coefficient (Wildman–Crippen LogP) is 5.06. The number of hydrogen-bond acceptors (Lipinski definition) is 7. The summed E-state index contributed by atoms with van der Waals surface area (Å²) in [5.41, 5.74) is 7.67. The van der Waals surface area contributed by atoms with E-state index in [-0.39, 0.29) is 35.4 Å². The highest BCUT2D eigenvalue weighted by atomic mass is 35.5. The maximum atomic E-state index is 13.8. The number of carbonyl (C=O) groups is 3. The lowest BCUT2D eigenvalue weighted by Crippen LogP contribution is -2.34. The third-order valence-electron chi connectivity index (χ3n) is 6.36. The molecule has 0 aromatic heterocycles. The van der Waals surface area contributed by atoms with Crippen molar-refractivity contribution in [3.8, 4) is 29.3 Å². The van der Waals surface area contributed by atoms with Crippen LogP contribution in [0.15, 0.2) is 60.7 Å². The molecule has 9 nitrogen and oxygen atoms in total. The van der Waals surface area contributed by atoms with Crippen LogP contribution in [-0.4, -0.2) is 36.7 Å². The molecular formula is C31H30ClN3O6S. The molecule has 1 heterocycles. The Bertz CT molecular complexity index is 1540. The van der Waals surface area contributed by atoms with Gasteiger partial charge in [-0.15, -0.1) is 11.8 Å². The number of primary amides is 1. The third kappa shape index (κ3) is 7.11. The molecule has 42 heavy (non-hydrogen) atoms. The number of nitrogens with zero attached hydrogens (tertiary/aromatic N) is 1. The molecule has 0 bridgehead atoms. The molecule has 3 aromatic rings. The van der Waals surface area contributed by atoms with Crippen LogP contribution in [0.1, 0.15) is 47.1 Å². The normalized spacial score (nSPS) is 15.9. The fourth-order valence-electron chi connectivity index (χ4n) is 4.37. The zero-order chi connectivity index (χ0) is 30.2. The van der Waals surface area contributed by atoms with Crippen LogP contribution >= 0.6 is 23.4 Å². The number of methoxy groups -OCH3 is 1. The van der Waals surface area contributed by atoms with Gasteiger partial charge in [0.1, 0.15) is 17.2 Å². The summed E-state index contributed by atoms with van der Waals surface area (Å²) in [6.45, 7) is 4.28. The minimum absolute atomic E-state index is 0.0471. The molecule has 2 unspecified atom stereocenters. The Morgan fingerprint density at radius 2 is 1.86 bits per heavy atom. The summed E-state index contributed by atoms with van der Waals surface area (Å²) < 4.78 is 16.3. The molecule has 0 radical (unpaired) electrons. The summed E-state index contributed by atoms with van der Waals surface area (Å²) in [6.07, 6.45) is 2.50. The lowest BCUT2D eigenvalue weighted by molar-refractivity contribution is -0.124. The van der Waals surface area contributed by atoms with Gasteiger partial charge in [-0.3, -0.25) is 19.3 Å². The lowest BCUT2D eigenvalue weighted by Gasteiger charge is -2.25. The van der Waals surface area contributed by atoms with Gasteiger partial charge in [-0.25, -0.2) is 0 Å². The van der Waals surface area contributed by atoms with E-state index in [1.54, 1.807) is 43.2 Å². The first kappa shape index (κ1) is 30.6. The van der Waals surface area contributed by atoms with E-state index in [0.29, 0.717) is 29.5 Å². The molecule has 218 valence electrons. The zero-order valence-electron chi connectivity index (χ0n) is 23.3. The molecule has 1 aliphatic heterocycles. The highest BCUT2D eigenvalue weighted by Gasteiger charge is 2.43. The van der Waals surface area contributed by atoms with Crippen LogP contribution in [0, 0.1) is 12.0 Å². The number of hydrogen-bond donors (Lipinski definition) is 2. The largest absolute Gasteiger partial charge is 0.493 e. The van der Waals surface area contributed by atoms with Crippen LogP contribution in [0.4, 0.5) is 5.69 Å². The first-order valence-electron chi connectivity index (χ1n) is 13.1. The molecule has 0 spiro atoms. The Labute approximate surface area is 253 Å². The van der Waals surface area contributed by atoms with Crippen molar-refractivity contribution < 1.29 is 28.6 Å². The van der Waals surface area contributed by atoms with Crippen LogP contribution in [0.25, 0.3) is 0 Å². The number of carbonyl (C=O) groups excluding carboxylic acids is 3. The van der Waals surface area contributed by atoms with Gasteiger partial charge < -0.3 is 25.3 Å². The number of ether oxygens (including phenoxy) is 3. The number of nitrogens with two attached hydrogens (primary N) is 1. The van der Waals surface area contributed by atoms with Crippen molar-refractivity contribution in [2.75, 3.05) is 18.6 Å². The highest BCUT2D eigenvalue weighted by molar-refractivity contribution is 8.01. The second-order valence-corrected chi connectivity index (χ2v) is 10.8. The van der Waals surface area contributed by atoms with E-state index in [1.165, 1.54) is 23.9 Å². The number of benzene rings is 3. The van der Waals surface area contributed by atoms with Gasteiger partial charge in [-0.05, 0) is 60.5 Å². The van der Waals surface area contributed by atoms with Crippen molar-refractivity contribution >= 4 is 46.8 Å². The Hall–Kier alpha value is -4.33. The molecule has 3 aromatic carbocycles. The van der Waals surface area contributed by atoms with E-state index in [9.17, 15) is 14.4 Å². The van der Waals surface area contributed by atoms with E-state index in [1.807, 2.05) is 31.2 Å². The van der Waals surface area contributed by atoms with Gasteiger partial charge >= 0.3 is 0 Å². The summed E-state index contributed by atoms with van der Waals surface area (Å²) in [4.78, 5) is 40.3. The van der Waals surface area contributed by atoms with Gasteiger partial charge in [0.25, 0.3) is 0 Å². The fourth-order valence-corrected chi connectivity index (χ4v) is 6.04. The van der Waals surface area contributed by atoms with Crippen molar-refractivity contribution in [3.05, 3.63) is 82.4 Å². The van der Waals surface area contributed by atoms with E-state index in [4.69, 9.17) is 31.5 Å². The van der Waals surface area contributed by atoms with Gasteiger partial charge in [0.15, 0.2) is 11.5 Å². The lowest BCUT2D eigenvalue weighted by atomic mass is 10.1. The first-order chi connectivity index (χ1) is 20.2. The number of rotatable bonds is 11. The Morgan fingerprint density at radius 3 is 2.52 bits per heavy atom. The van der Waals surface area contributed by atoms with E-state index in [2.05, 4.69) is 17.3 Å². The third-order valence-corrected chi connectivity index (χ3v) is 8.13. The predicted molar refractivity (Wildman–Crippen MR) is 163 cm³/mol. The monoisotopic (exact) mass is 607 g/mol. The number of nitrogens with one attached hydrogen (secondary N) is 1. The fraction of sp³-hybridized carbons (Fsp3) is 0.258. The summed E-state index contributed by atoms with van der Waals surface area (Å²) in [5.74, 6) is 3.14. The average Bonchev–Trinajstić information content (AvgIpc) is 3.30. The summed E-state index contributed by atoms with van der Waals surface area (Å²) in [5, 5.41) is 1.91. The SMILES string of the molecule is CC#COc1ccc(C2SC(CC(=O)NCc3ccc(OC)c(OCC)c3)C(=O)N2c2ccc(Cl)c(C(N)=O)c2)cc1. The van der Waals surface area contributed by atoms with E-state index >= 15 is 0 Å². The van der Waals surface area contributed by atoms with Crippen molar-refractivity contribution in [1.82, 2.24) is 5.32 Å². The number of thioether (sulfide) groups is 1. The molecule has 1 aliphatic rings. The molecule has 0 aliphatic carbocycles. The first-order valence-corrected chi connectivity index (χ1v) is 14.4. The molecule has 1 saturated heterocycles. The Balaban J connectivity index is 1.55. The van der Waals surface area contributed by atoms with Crippen LogP contribution in [-0.2, 0) is 16.1 Å². The molecule has 11 heteroatoms. The summed E-state index contributed by atoms with van der Waals surface area (Å²) in [7, 11) is 1.56. The molecule has 4 rings (SSSR count). The minimum Gasteiger partial charge on any atom is -0.493 e. The van der Waals surface area contributed by atoms with E-state index < -0.39 is 16.5 Å². The topological polar surface area (TPSA) is 120 Å². The van der Waals surface area contributed by atoms with Crippen LogP contribution < -0.4 is 30.2 Å². The van der Waals surface area contributed by atoms with Crippen LogP contribution in [0.2, 0.25) is 5.02 Å². The Kier molecular flexibility index (Phi) is 10.2. The Morgan fingerprint density at radius 1 is 1.10 bits per heavy atom. The molecular weight excluding hydrogens is 578 g/mol. The molecule has 0 saturated carbocycles. The van der Waals surface area contributed by atoms with Gasteiger partial charge in [0.05, 0.1) is 29.6 Å². The summed E-state index contributed by atoms with van der Waals surface area (Å²) in [6, 6.07) is 17.3. The second kappa shape index (κ2) is 14.0. The average molecular weight is 608 g/mol. The summed E-state index contributed by atoms with van der Waals surface area (Å²) >= 11 is 7.51. The standard InChI is InChI=1S/C31H30ClN3O6S/c1-4-14-41-22-10-7-20(8-11-22)31-35(21-9-12-24(32)23(16-21)29(33)37)30(38)27(42-31)17-28(36)34-18-19-6-13-25(39-3)26(15-19)40-5-2/h6-13,15-16,27,31H,5,17-18H2,1-3H3,(H2,33,37)(H,34,36). The highest BCUT2D eigenvalue weighted by Crippen LogP contribution is 2.47. The molecule has 3 amide bonds. The number of amides is 3. The molecule has 2 atom stereocenters. The van der Waals surface area contributed by atoms with Gasteiger partial charge in [0.2, 0.25) is 17.7 Å². The van der Waals surface area contributed by atoms with Gasteiger partial charge in [-0.2, -0.15) is 0 Å². The van der Waals surface area contributed by atoms with Crippen molar-refractivity contribution in [3.63, 3.8) is 0 Å². The maximum absolute atomic E-state index is 13.8. The van der Waals surface area contributed by atoms with Crippen molar-refractivity contribution in [2.45, 2.75) is 37.4 Å². The number of anilines is 1. The van der Waals surface area contributed by atoms with Crippen molar-refractivity contribution in [1.29, 1.82) is 0 Å². The minimum atomic E-state index is -0.710. The second-order valence-electron chi connectivity index (χ2n) is 9.14. The van der Waals surface area contributed by atoms with Crippen LogP contribution in [0.3, 0.4) is 0 Å². The zero-order valence-corrected chi connectivity index (χ0v) is 24.9. The van der Waals surface area contributed by atoms with Gasteiger partial charge in [0, 0.05) is 25.6 Å². The maximum Gasteiger partial charge on any atom is 0.250 e. The molecule has 1 fully saturated rings. The smallest absolute Gasteiger partial charge is 0.250 e. The van der Waals surface area contributed by atoms with E-state index in [0.717, 1.165) is 11.1 Å². The quantitative estimate of drug-likeness (QED) is 0.292.